The molecule has 2 aromatic carbocycles. The normalized spacial score (nSPS) is 10.6. The van der Waals surface area contributed by atoms with Crippen molar-refractivity contribution in [3.8, 4) is 22.1 Å². The van der Waals surface area contributed by atoms with Gasteiger partial charge in [0.25, 0.3) is 5.91 Å². The van der Waals surface area contributed by atoms with Crippen molar-refractivity contribution in [2.24, 2.45) is 0 Å². The Morgan fingerprint density at radius 2 is 1.68 bits per heavy atom. The molecule has 9 heteroatoms. The molecule has 0 aliphatic heterocycles. The van der Waals surface area contributed by atoms with Crippen molar-refractivity contribution in [3.63, 3.8) is 0 Å². The SMILES string of the molecule is CCCCN(CCC(=O)Nc1nnc(-c2ccc(C)cc2)s1)C(=O)c1cc(OC)cc(OC)c1. The maximum atomic E-state index is 13.2. The van der Waals surface area contributed by atoms with E-state index in [1.807, 2.05) is 31.2 Å². The molecule has 3 rings (SSSR count). The van der Waals surface area contributed by atoms with Crippen LogP contribution in [0.3, 0.4) is 0 Å². The largest absolute Gasteiger partial charge is 0.497 e. The maximum Gasteiger partial charge on any atom is 0.254 e. The number of unbranched alkanes of at least 4 members (excludes halogenated alkanes) is 1. The lowest BCUT2D eigenvalue weighted by Crippen LogP contribution is -2.34. The van der Waals surface area contributed by atoms with Crippen LogP contribution >= 0.6 is 11.3 Å². The van der Waals surface area contributed by atoms with Gasteiger partial charge in [0, 0.05) is 36.7 Å². The van der Waals surface area contributed by atoms with Crippen LogP contribution in [0.4, 0.5) is 5.13 Å². The number of carbonyl (C=O) groups excluding carboxylic acids is 2. The van der Waals surface area contributed by atoms with E-state index in [4.69, 9.17) is 9.47 Å². The minimum Gasteiger partial charge on any atom is -0.497 e. The van der Waals surface area contributed by atoms with Gasteiger partial charge in [-0.1, -0.05) is 54.5 Å². The smallest absolute Gasteiger partial charge is 0.254 e. The summed E-state index contributed by atoms with van der Waals surface area (Å²) >= 11 is 1.32. The highest BCUT2D eigenvalue weighted by Gasteiger charge is 2.19. The van der Waals surface area contributed by atoms with Crippen molar-refractivity contribution in [2.75, 3.05) is 32.6 Å². The van der Waals surface area contributed by atoms with Crippen LogP contribution in [0.2, 0.25) is 0 Å². The Labute approximate surface area is 203 Å². The summed E-state index contributed by atoms with van der Waals surface area (Å²) in [6.07, 6.45) is 1.92. The first-order chi connectivity index (χ1) is 16.4. The molecule has 0 saturated heterocycles. The summed E-state index contributed by atoms with van der Waals surface area (Å²) in [6, 6.07) is 13.0. The van der Waals surface area contributed by atoms with Crippen LogP contribution in [0.1, 0.15) is 42.1 Å². The fourth-order valence-electron chi connectivity index (χ4n) is 3.28. The highest BCUT2D eigenvalue weighted by Crippen LogP contribution is 2.27. The van der Waals surface area contributed by atoms with Crippen LogP contribution in [-0.2, 0) is 4.79 Å². The van der Waals surface area contributed by atoms with E-state index in [2.05, 4.69) is 22.4 Å². The number of nitrogens with zero attached hydrogens (tertiary/aromatic N) is 3. The van der Waals surface area contributed by atoms with Gasteiger partial charge in [0.2, 0.25) is 11.0 Å². The highest BCUT2D eigenvalue weighted by molar-refractivity contribution is 7.18. The monoisotopic (exact) mass is 482 g/mol. The Morgan fingerprint density at radius 1 is 1.00 bits per heavy atom. The van der Waals surface area contributed by atoms with Gasteiger partial charge >= 0.3 is 0 Å². The van der Waals surface area contributed by atoms with Crippen molar-refractivity contribution in [1.29, 1.82) is 0 Å². The number of hydrogen-bond acceptors (Lipinski definition) is 7. The number of aryl methyl sites for hydroxylation is 1. The molecule has 0 unspecified atom stereocenters. The van der Waals surface area contributed by atoms with E-state index in [9.17, 15) is 9.59 Å². The lowest BCUT2D eigenvalue weighted by atomic mass is 10.1. The van der Waals surface area contributed by atoms with E-state index in [1.54, 1.807) is 37.3 Å². The van der Waals surface area contributed by atoms with Crippen LogP contribution in [0, 0.1) is 6.92 Å². The number of methoxy groups -OCH3 is 2. The second kappa shape index (κ2) is 12.1. The second-order valence-corrected chi connectivity index (χ2v) is 8.80. The lowest BCUT2D eigenvalue weighted by Gasteiger charge is -2.23. The lowest BCUT2D eigenvalue weighted by molar-refractivity contribution is -0.116. The van der Waals surface area contributed by atoms with E-state index in [0.29, 0.717) is 28.7 Å². The number of anilines is 1. The number of nitrogens with one attached hydrogen (secondary N) is 1. The van der Waals surface area contributed by atoms with E-state index >= 15 is 0 Å². The average Bonchev–Trinajstić information content (AvgIpc) is 3.32. The number of rotatable bonds is 11. The van der Waals surface area contributed by atoms with Crippen molar-refractivity contribution in [3.05, 3.63) is 53.6 Å². The molecular weight excluding hydrogens is 452 g/mol. The van der Waals surface area contributed by atoms with Gasteiger partial charge in [0.15, 0.2) is 0 Å². The Balaban J connectivity index is 1.64. The third-order valence-electron chi connectivity index (χ3n) is 5.25. The molecule has 0 aliphatic carbocycles. The van der Waals surface area contributed by atoms with Crippen LogP contribution in [-0.4, -0.2) is 54.2 Å². The van der Waals surface area contributed by atoms with Crippen LogP contribution in [0.15, 0.2) is 42.5 Å². The Hall–Kier alpha value is -3.46. The first-order valence-electron chi connectivity index (χ1n) is 11.2. The Morgan fingerprint density at radius 3 is 2.29 bits per heavy atom. The minimum absolute atomic E-state index is 0.149. The minimum atomic E-state index is -0.218. The molecule has 0 spiro atoms. The van der Waals surface area contributed by atoms with Crippen molar-refractivity contribution in [2.45, 2.75) is 33.1 Å². The quantitative estimate of drug-likeness (QED) is 0.422. The molecule has 0 fully saturated rings. The van der Waals surface area contributed by atoms with Gasteiger partial charge in [-0.2, -0.15) is 0 Å². The molecule has 0 aliphatic rings. The Bertz CT molecular complexity index is 1090. The standard InChI is InChI=1S/C25H30N4O4S/c1-5-6-12-29(24(31)19-14-20(32-3)16-21(15-19)33-4)13-11-22(30)26-25-28-27-23(34-25)18-9-7-17(2)8-10-18/h7-10,14-16H,5-6,11-13H2,1-4H3,(H,26,28,30). The summed E-state index contributed by atoms with van der Waals surface area (Å²) in [6.45, 7) is 4.92. The van der Waals surface area contributed by atoms with Gasteiger partial charge in [0.05, 0.1) is 14.2 Å². The van der Waals surface area contributed by atoms with Gasteiger partial charge < -0.3 is 19.7 Å². The summed E-state index contributed by atoms with van der Waals surface area (Å²) in [5.41, 5.74) is 2.57. The zero-order valence-electron chi connectivity index (χ0n) is 20.0. The number of hydrogen-bond donors (Lipinski definition) is 1. The Kier molecular flexibility index (Phi) is 8.98. The van der Waals surface area contributed by atoms with E-state index in [1.165, 1.54) is 11.3 Å². The molecule has 3 aromatic rings. The van der Waals surface area contributed by atoms with Gasteiger partial charge in [-0.3, -0.25) is 9.59 Å². The van der Waals surface area contributed by atoms with Crippen LogP contribution < -0.4 is 14.8 Å². The molecule has 34 heavy (non-hydrogen) atoms. The third kappa shape index (κ3) is 6.77. The number of carbonyl (C=O) groups is 2. The summed E-state index contributed by atoms with van der Waals surface area (Å²) < 4.78 is 10.6. The summed E-state index contributed by atoms with van der Waals surface area (Å²) in [7, 11) is 3.08. The van der Waals surface area contributed by atoms with E-state index < -0.39 is 0 Å². The third-order valence-corrected chi connectivity index (χ3v) is 6.13. The van der Waals surface area contributed by atoms with Gasteiger partial charge in [-0.15, -0.1) is 10.2 Å². The first-order valence-corrected chi connectivity index (χ1v) is 12.0. The maximum absolute atomic E-state index is 13.2. The topological polar surface area (TPSA) is 93.7 Å². The summed E-state index contributed by atoms with van der Waals surface area (Å²) in [4.78, 5) is 27.5. The molecule has 0 bridgehead atoms. The predicted molar refractivity (Wildman–Crippen MR) is 134 cm³/mol. The second-order valence-electron chi connectivity index (χ2n) is 7.82. The molecule has 8 nitrogen and oxygen atoms in total. The van der Waals surface area contributed by atoms with Crippen molar-refractivity contribution in [1.82, 2.24) is 15.1 Å². The summed E-state index contributed by atoms with van der Waals surface area (Å²) in [5, 5.41) is 12.2. The molecule has 0 saturated carbocycles. The molecule has 2 amide bonds. The van der Waals surface area contributed by atoms with Gasteiger partial charge in [0.1, 0.15) is 16.5 Å². The average molecular weight is 483 g/mol. The predicted octanol–water partition coefficient (Wildman–Crippen LogP) is 4.80. The zero-order chi connectivity index (χ0) is 24.5. The van der Waals surface area contributed by atoms with Gasteiger partial charge in [-0.05, 0) is 25.5 Å². The molecule has 1 heterocycles. The molecule has 0 radical (unpaired) electrons. The van der Waals surface area contributed by atoms with Crippen molar-refractivity contribution >= 4 is 28.3 Å². The van der Waals surface area contributed by atoms with Crippen LogP contribution in [0.25, 0.3) is 10.6 Å². The number of amides is 2. The van der Waals surface area contributed by atoms with Crippen LogP contribution in [0.5, 0.6) is 11.5 Å². The number of aromatic nitrogens is 2. The summed E-state index contributed by atoms with van der Waals surface area (Å²) in [5.74, 6) is 0.688. The highest BCUT2D eigenvalue weighted by atomic mass is 32.1. The molecule has 180 valence electrons. The van der Waals surface area contributed by atoms with Crippen molar-refractivity contribution < 1.29 is 19.1 Å². The number of ether oxygens (including phenoxy) is 2. The fourth-order valence-corrected chi connectivity index (χ4v) is 4.05. The first kappa shape index (κ1) is 25.2. The molecular formula is C25H30N4O4S. The van der Waals surface area contributed by atoms with Gasteiger partial charge in [-0.25, -0.2) is 0 Å². The van der Waals surface area contributed by atoms with E-state index in [-0.39, 0.29) is 24.8 Å². The fraction of sp³-hybridized carbons (Fsp3) is 0.360. The molecule has 1 N–H and O–H groups in total. The molecule has 1 aromatic heterocycles. The zero-order valence-corrected chi connectivity index (χ0v) is 20.8. The number of benzene rings is 2. The molecule has 0 atom stereocenters. The van der Waals surface area contributed by atoms with E-state index in [0.717, 1.165) is 29.0 Å².